The lowest BCUT2D eigenvalue weighted by atomic mass is 10.0. The molecule has 1 unspecified atom stereocenters. The molecule has 16 heavy (non-hydrogen) atoms. The third-order valence-electron chi connectivity index (χ3n) is 3.36. The first-order chi connectivity index (χ1) is 7.83. The van der Waals surface area contributed by atoms with Crippen molar-refractivity contribution in [3.8, 4) is 0 Å². The van der Waals surface area contributed by atoms with Crippen molar-refractivity contribution >= 4 is 22.5 Å². The van der Waals surface area contributed by atoms with Gasteiger partial charge in [-0.2, -0.15) is 0 Å². The molecule has 2 nitrogen and oxygen atoms in total. The number of hydrogen-bond donors (Lipinski definition) is 2. The van der Waals surface area contributed by atoms with E-state index in [0.29, 0.717) is 6.04 Å². The van der Waals surface area contributed by atoms with Gasteiger partial charge in [0, 0.05) is 28.2 Å². The Balaban J connectivity index is 1.93. The molecule has 1 aliphatic rings. The van der Waals surface area contributed by atoms with E-state index in [2.05, 4.69) is 22.6 Å². The maximum absolute atomic E-state index is 6.03. The lowest BCUT2D eigenvalue weighted by molar-refractivity contribution is 0.605. The first kappa shape index (κ1) is 10.2. The Bertz CT molecular complexity index is 498. The van der Waals surface area contributed by atoms with Crippen LogP contribution in [0.5, 0.6) is 0 Å². The smallest absolute Gasteiger partial charge is 0.0457 e. The molecule has 0 saturated carbocycles. The molecule has 2 N–H and O–H groups in total. The summed E-state index contributed by atoms with van der Waals surface area (Å²) in [6.45, 7) is 1.16. The molecule has 3 heteroatoms. The number of H-pyrrole nitrogens is 1. The number of benzene rings is 1. The van der Waals surface area contributed by atoms with Crippen LogP contribution >= 0.6 is 11.6 Å². The summed E-state index contributed by atoms with van der Waals surface area (Å²) in [6, 6.07) is 6.66. The molecule has 1 fully saturated rings. The first-order valence-electron chi connectivity index (χ1n) is 5.82. The van der Waals surface area contributed by atoms with Gasteiger partial charge in [-0.1, -0.05) is 11.6 Å². The highest BCUT2D eigenvalue weighted by Crippen LogP contribution is 2.24. The second-order valence-corrected chi connectivity index (χ2v) is 4.94. The normalized spacial score (nSPS) is 20.7. The molecule has 84 valence electrons. The standard InChI is InChI=1S/C13H15ClN2/c14-10-3-4-13-12(7-10)9(8-16-13)6-11-2-1-5-15-11/h3-4,7-8,11,15-16H,1-2,5-6H2. The largest absolute Gasteiger partial charge is 0.361 e. The van der Waals surface area contributed by atoms with Crippen LogP contribution in [-0.2, 0) is 6.42 Å². The van der Waals surface area contributed by atoms with Crippen molar-refractivity contribution in [1.82, 2.24) is 10.3 Å². The van der Waals surface area contributed by atoms with Crippen molar-refractivity contribution in [2.45, 2.75) is 25.3 Å². The van der Waals surface area contributed by atoms with Crippen LogP contribution in [0.4, 0.5) is 0 Å². The number of nitrogens with one attached hydrogen (secondary N) is 2. The summed E-state index contributed by atoms with van der Waals surface area (Å²) in [7, 11) is 0. The van der Waals surface area contributed by atoms with Gasteiger partial charge in [0.25, 0.3) is 0 Å². The predicted octanol–water partition coefficient (Wildman–Crippen LogP) is 3.12. The number of aromatic amines is 1. The van der Waals surface area contributed by atoms with E-state index in [1.807, 2.05) is 12.1 Å². The van der Waals surface area contributed by atoms with Crippen LogP contribution in [-0.4, -0.2) is 17.6 Å². The van der Waals surface area contributed by atoms with Crippen LogP contribution in [0.15, 0.2) is 24.4 Å². The van der Waals surface area contributed by atoms with Crippen molar-refractivity contribution in [2.75, 3.05) is 6.54 Å². The van der Waals surface area contributed by atoms with Crippen molar-refractivity contribution in [3.05, 3.63) is 35.0 Å². The minimum atomic E-state index is 0.637. The van der Waals surface area contributed by atoms with Crippen LogP contribution in [0, 0.1) is 0 Å². The molecule has 0 bridgehead atoms. The summed E-state index contributed by atoms with van der Waals surface area (Å²) in [6.07, 6.45) is 5.79. The van der Waals surface area contributed by atoms with E-state index < -0.39 is 0 Å². The first-order valence-corrected chi connectivity index (χ1v) is 6.19. The van der Waals surface area contributed by atoms with Crippen molar-refractivity contribution < 1.29 is 0 Å². The van der Waals surface area contributed by atoms with Gasteiger partial charge in [0.1, 0.15) is 0 Å². The maximum atomic E-state index is 6.03. The molecular formula is C13H15ClN2. The van der Waals surface area contributed by atoms with Gasteiger partial charge in [-0.3, -0.25) is 0 Å². The summed E-state index contributed by atoms with van der Waals surface area (Å²) >= 11 is 6.03. The molecular weight excluding hydrogens is 220 g/mol. The van der Waals surface area contributed by atoms with E-state index >= 15 is 0 Å². The van der Waals surface area contributed by atoms with Crippen LogP contribution in [0.1, 0.15) is 18.4 Å². The van der Waals surface area contributed by atoms with Gasteiger partial charge in [-0.25, -0.2) is 0 Å². The molecule has 3 rings (SSSR count). The second-order valence-electron chi connectivity index (χ2n) is 4.50. The number of fused-ring (bicyclic) bond motifs is 1. The Morgan fingerprint density at radius 3 is 3.12 bits per heavy atom. The molecule has 0 amide bonds. The lowest BCUT2D eigenvalue weighted by Crippen LogP contribution is -2.23. The fourth-order valence-electron chi connectivity index (χ4n) is 2.52. The van der Waals surface area contributed by atoms with Crippen LogP contribution in [0.2, 0.25) is 5.02 Å². The van der Waals surface area contributed by atoms with Gasteiger partial charge in [0.05, 0.1) is 0 Å². The monoisotopic (exact) mass is 234 g/mol. The van der Waals surface area contributed by atoms with Gasteiger partial charge in [0.15, 0.2) is 0 Å². The van der Waals surface area contributed by atoms with Gasteiger partial charge in [0.2, 0.25) is 0 Å². The van der Waals surface area contributed by atoms with Gasteiger partial charge in [-0.05, 0) is 49.6 Å². The molecule has 1 saturated heterocycles. The van der Waals surface area contributed by atoms with Crippen molar-refractivity contribution in [3.63, 3.8) is 0 Å². The lowest BCUT2D eigenvalue weighted by Gasteiger charge is -2.08. The van der Waals surface area contributed by atoms with Gasteiger partial charge < -0.3 is 10.3 Å². The van der Waals surface area contributed by atoms with E-state index in [-0.39, 0.29) is 0 Å². The van der Waals surface area contributed by atoms with Crippen LogP contribution in [0.25, 0.3) is 10.9 Å². The highest BCUT2D eigenvalue weighted by molar-refractivity contribution is 6.31. The SMILES string of the molecule is Clc1ccc2[nH]cc(CC3CCCN3)c2c1. The summed E-state index contributed by atoms with van der Waals surface area (Å²) in [4.78, 5) is 3.30. The van der Waals surface area contributed by atoms with E-state index in [0.717, 1.165) is 18.0 Å². The molecule has 0 spiro atoms. The fourth-order valence-corrected chi connectivity index (χ4v) is 2.69. The Kier molecular flexibility index (Phi) is 2.62. The summed E-state index contributed by atoms with van der Waals surface area (Å²) < 4.78 is 0. The summed E-state index contributed by atoms with van der Waals surface area (Å²) in [5.41, 5.74) is 2.55. The third-order valence-corrected chi connectivity index (χ3v) is 3.59. The topological polar surface area (TPSA) is 27.8 Å². The fraction of sp³-hybridized carbons (Fsp3) is 0.385. The molecule has 2 aromatic rings. The summed E-state index contributed by atoms with van der Waals surface area (Å²) in [5, 5.41) is 5.61. The van der Waals surface area contributed by atoms with Gasteiger partial charge >= 0.3 is 0 Å². The number of aromatic nitrogens is 1. The molecule has 2 heterocycles. The second kappa shape index (κ2) is 4.11. The van der Waals surface area contributed by atoms with Crippen LogP contribution in [0.3, 0.4) is 0 Å². The zero-order valence-corrected chi connectivity index (χ0v) is 9.85. The number of halogens is 1. The molecule has 0 aliphatic carbocycles. The zero-order chi connectivity index (χ0) is 11.0. The van der Waals surface area contributed by atoms with Crippen molar-refractivity contribution in [1.29, 1.82) is 0 Å². The minimum Gasteiger partial charge on any atom is -0.361 e. The molecule has 1 atom stereocenters. The van der Waals surface area contributed by atoms with E-state index in [1.165, 1.54) is 29.3 Å². The van der Waals surface area contributed by atoms with Crippen LogP contribution < -0.4 is 5.32 Å². The maximum Gasteiger partial charge on any atom is 0.0457 e. The van der Waals surface area contributed by atoms with E-state index in [4.69, 9.17) is 11.6 Å². The number of hydrogen-bond acceptors (Lipinski definition) is 1. The Hall–Kier alpha value is -0.990. The highest BCUT2D eigenvalue weighted by atomic mass is 35.5. The average Bonchev–Trinajstić information content (AvgIpc) is 2.90. The number of rotatable bonds is 2. The minimum absolute atomic E-state index is 0.637. The predicted molar refractivity (Wildman–Crippen MR) is 68.0 cm³/mol. The Labute approximate surface area is 100.0 Å². The molecule has 1 aromatic carbocycles. The molecule has 1 aliphatic heterocycles. The third kappa shape index (κ3) is 1.83. The Morgan fingerprint density at radius 1 is 1.38 bits per heavy atom. The Morgan fingerprint density at radius 2 is 2.31 bits per heavy atom. The molecule has 1 aromatic heterocycles. The van der Waals surface area contributed by atoms with Crippen molar-refractivity contribution in [2.24, 2.45) is 0 Å². The average molecular weight is 235 g/mol. The quantitative estimate of drug-likeness (QED) is 0.821. The summed E-state index contributed by atoms with van der Waals surface area (Å²) in [5.74, 6) is 0. The van der Waals surface area contributed by atoms with Gasteiger partial charge in [-0.15, -0.1) is 0 Å². The van der Waals surface area contributed by atoms with E-state index in [9.17, 15) is 0 Å². The molecule has 0 radical (unpaired) electrons. The highest BCUT2D eigenvalue weighted by Gasteiger charge is 2.16. The van der Waals surface area contributed by atoms with E-state index in [1.54, 1.807) is 0 Å². The zero-order valence-electron chi connectivity index (χ0n) is 9.09.